The molecule has 0 amide bonds. The first-order chi connectivity index (χ1) is 12.7. The lowest BCUT2D eigenvalue weighted by Crippen LogP contribution is -2.46. The molecule has 6 heteroatoms. The van der Waals surface area contributed by atoms with Gasteiger partial charge in [-0.15, -0.1) is 21.5 Å². The second-order valence-corrected chi connectivity index (χ2v) is 7.81. The number of nitrogens with zero attached hydrogens (tertiary/aromatic N) is 4. The summed E-state index contributed by atoms with van der Waals surface area (Å²) in [6, 6.07) is 12.8. The Kier molecular flexibility index (Phi) is 5.04. The van der Waals surface area contributed by atoms with Gasteiger partial charge in [0.1, 0.15) is 0 Å². The Morgan fingerprint density at radius 2 is 1.85 bits per heavy atom. The van der Waals surface area contributed by atoms with Gasteiger partial charge in [0.15, 0.2) is 0 Å². The van der Waals surface area contributed by atoms with Crippen molar-refractivity contribution >= 4 is 17.0 Å². The maximum Gasteiger partial charge on any atom is 0.257 e. The summed E-state index contributed by atoms with van der Waals surface area (Å²) < 4.78 is 5.93. The molecule has 1 saturated heterocycles. The number of hydrogen-bond acceptors (Lipinski definition) is 6. The molecule has 1 fully saturated rings. The largest absolute Gasteiger partial charge is 0.419 e. The van der Waals surface area contributed by atoms with Crippen LogP contribution in [0.4, 0.5) is 5.69 Å². The van der Waals surface area contributed by atoms with Crippen molar-refractivity contribution in [3.05, 3.63) is 52.7 Å². The van der Waals surface area contributed by atoms with Gasteiger partial charge in [-0.3, -0.25) is 4.90 Å². The quantitative estimate of drug-likeness (QED) is 0.681. The number of aryl methyl sites for hydroxylation is 2. The highest BCUT2D eigenvalue weighted by molar-refractivity contribution is 7.15. The van der Waals surface area contributed by atoms with Crippen LogP contribution in [0.25, 0.3) is 10.8 Å². The van der Waals surface area contributed by atoms with Crippen LogP contribution in [0.2, 0.25) is 0 Å². The van der Waals surface area contributed by atoms with Gasteiger partial charge in [0.05, 0.1) is 11.4 Å². The predicted octanol–water partition coefficient (Wildman–Crippen LogP) is 3.99. The molecule has 0 spiro atoms. The van der Waals surface area contributed by atoms with E-state index in [0.717, 1.165) is 44.0 Å². The Morgan fingerprint density at radius 1 is 1.08 bits per heavy atom. The van der Waals surface area contributed by atoms with Crippen LogP contribution >= 0.6 is 11.3 Å². The molecule has 0 saturated carbocycles. The molecule has 3 aromatic rings. The highest BCUT2D eigenvalue weighted by Crippen LogP contribution is 2.30. The zero-order valence-corrected chi connectivity index (χ0v) is 16.1. The van der Waals surface area contributed by atoms with Crippen molar-refractivity contribution in [2.45, 2.75) is 26.8 Å². The van der Waals surface area contributed by atoms with Gasteiger partial charge in [-0.25, -0.2) is 0 Å². The molecule has 3 heterocycles. The fourth-order valence-corrected chi connectivity index (χ4v) is 4.42. The van der Waals surface area contributed by atoms with E-state index in [1.54, 1.807) is 11.3 Å². The molecule has 1 aliphatic rings. The molecule has 4 rings (SSSR count). The summed E-state index contributed by atoms with van der Waals surface area (Å²) >= 11 is 1.75. The van der Waals surface area contributed by atoms with E-state index >= 15 is 0 Å². The number of benzene rings is 1. The number of thiophene rings is 1. The van der Waals surface area contributed by atoms with Crippen molar-refractivity contribution in [2.75, 3.05) is 31.1 Å². The molecular weight excluding hydrogens is 344 g/mol. The van der Waals surface area contributed by atoms with Crippen LogP contribution in [-0.2, 0) is 13.0 Å². The Balaban J connectivity index is 1.36. The highest BCUT2D eigenvalue weighted by atomic mass is 32.1. The summed E-state index contributed by atoms with van der Waals surface area (Å²) in [5.41, 5.74) is 2.61. The van der Waals surface area contributed by atoms with Crippen LogP contribution < -0.4 is 4.90 Å². The summed E-state index contributed by atoms with van der Waals surface area (Å²) in [7, 11) is 0. The van der Waals surface area contributed by atoms with E-state index in [1.165, 1.54) is 16.1 Å². The molecular formula is C20H24N4OS. The van der Waals surface area contributed by atoms with Crippen LogP contribution in [0.15, 0.2) is 40.8 Å². The Hall–Kier alpha value is -2.18. The minimum atomic E-state index is 0.649. The SMILES string of the molecule is CCc1sc(-c2nnc(CN3CCN(c4ccccc4)CC3)o2)cc1C. The van der Waals surface area contributed by atoms with Crippen molar-refractivity contribution in [3.63, 3.8) is 0 Å². The van der Waals surface area contributed by atoms with E-state index in [2.05, 4.69) is 70.2 Å². The van der Waals surface area contributed by atoms with Gasteiger partial charge in [-0.2, -0.15) is 0 Å². The van der Waals surface area contributed by atoms with Gasteiger partial charge in [-0.1, -0.05) is 25.1 Å². The third-order valence-corrected chi connectivity index (χ3v) is 6.24. The Bertz CT molecular complexity index is 850. The first-order valence-electron chi connectivity index (χ1n) is 9.17. The maximum atomic E-state index is 5.93. The van der Waals surface area contributed by atoms with Crippen LogP contribution in [0, 0.1) is 6.92 Å². The molecule has 5 nitrogen and oxygen atoms in total. The van der Waals surface area contributed by atoms with Crippen LogP contribution in [0.5, 0.6) is 0 Å². The maximum absolute atomic E-state index is 5.93. The number of hydrogen-bond donors (Lipinski definition) is 0. The third-order valence-electron chi connectivity index (χ3n) is 4.87. The summed E-state index contributed by atoms with van der Waals surface area (Å²) in [4.78, 5) is 7.27. The van der Waals surface area contributed by atoms with Crippen LogP contribution in [-0.4, -0.2) is 41.3 Å². The fourth-order valence-electron chi connectivity index (χ4n) is 3.39. The average molecular weight is 369 g/mol. The molecule has 136 valence electrons. The Morgan fingerprint density at radius 3 is 2.54 bits per heavy atom. The van der Waals surface area contributed by atoms with Gasteiger partial charge < -0.3 is 9.32 Å². The monoisotopic (exact) mass is 368 g/mol. The van der Waals surface area contributed by atoms with Crippen molar-refractivity contribution in [1.82, 2.24) is 15.1 Å². The van der Waals surface area contributed by atoms with Crippen molar-refractivity contribution in [3.8, 4) is 10.8 Å². The first-order valence-corrected chi connectivity index (χ1v) is 9.99. The zero-order chi connectivity index (χ0) is 17.9. The van der Waals surface area contributed by atoms with E-state index in [9.17, 15) is 0 Å². The van der Waals surface area contributed by atoms with Gasteiger partial charge in [0.2, 0.25) is 5.89 Å². The standard InChI is InChI=1S/C20H24N4OS/c1-3-17-15(2)13-18(26-17)20-22-21-19(25-20)14-23-9-11-24(12-10-23)16-7-5-4-6-8-16/h4-8,13H,3,9-12,14H2,1-2H3. The van der Waals surface area contributed by atoms with E-state index < -0.39 is 0 Å². The normalized spacial score (nSPS) is 15.5. The molecule has 0 unspecified atom stereocenters. The summed E-state index contributed by atoms with van der Waals surface area (Å²) in [5.74, 6) is 1.35. The van der Waals surface area contributed by atoms with Crippen LogP contribution in [0.3, 0.4) is 0 Å². The number of para-hydroxylation sites is 1. The van der Waals surface area contributed by atoms with E-state index in [-0.39, 0.29) is 0 Å². The molecule has 0 bridgehead atoms. The topological polar surface area (TPSA) is 45.4 Å². The fraction of sp³-hybridized carbons (Fsp3) is 0.400. The lowest BCUT2D eigenvalue weighted by atomic mass is 10.2. The molecule has 0 radical (unpaired) electrons. The molecule has 1 aliphatic heterocycles. The number of rotatable bonds is 5. The van der Waals surface area contributed by atoms with Gasteiger partial charge >= 0.3 is 0 Å². The first kappa shape index (κ1) is 17.2. The van der Waals surface area contributed by atoms with E-state index in [0.29, 0.717) is 11.8 Å². The second kappa shape index (κ2) is 7.60. The van der Waals surface area contributed by atoms with Crippen molar-refractivity contribution in [1.29, 1.82) is 0 Å². The minimum absolute atomic E-state index is 0.649. The average Bonchev–Trinajstić information content (AvgIpc) is 3.29. The lowest BCUT2D eigenvalue weighted by molar-refractivity contribution is 0.227. The van der Waals surface area contributed by atoms with Gasteiger partial charge in [0.25, 0.3) is 5.89 Å². The predicted molar refractivity (Wildman–Crippen MR) is 106 cm³/mol. The number of piperazine rings is 1. The van der Waals surface area contributed by atoms with E-state index in [1.807, 2.05) is 0 Å². The number of anilines is 1. The third kappa shape index (κ3) is 3.66. The molecule has 1 aromatic carbocycles. The molecule has 2 aromatic heterocycles. The Labute approximate surface area is 158 Å². The number of aromatic nitrogens is 2. The second-order valence-electron chi connectivity index (χ2n) is 6.67. The zero-order valence-electron chi connectivity index (χ0n) is 15.3. The van der Waals surface area contributed by atoms with Crippen LogP contribution in [0.1, 0.15) is 23.3 Å². The molecule has 26 heavy (non-hydrogen) atoms. The summed E-state index contributed by atoms with van der Waals surface area (Å²) in [5, 5.41) is 8.52. The summed E-state index contributed by atoms with van der Waals surface area (Å²) in [6.45, 7) is 9.10. The van der Waals surface area contributed by atoms with Gasteiger partial charge in [0, 0.05) is 36.7 Å². The lowest BCUT2D eigenvalue weighted by Gasteiger charge is -2.35. The molecule has 0 aliphatic carbocycles. The van der Waals surface area contributed by atoms with Crippen molar-refractivity contribution < 1.29 is 4.42 Å². The highest BCUT2D eigenvalue weighted by Gasteiger charge is 2.20. The molecule has 0 N–H and O–H groups in total. The smallest absolute Gasteiger partial charge is 0.257 e. The van der Waals surface area contributed by atoms with E-state index in [4.69, 9.17) is 4.42 Å². The minimum Gasteiger partial charge on any atom is -0.419 e. The summed E-state index contributed by atoms with van der Waals surface area (Å²) in [6.07, 6.45) is 1.04. The van der Waals surface area contributed by atoms with Gasteiger partial charge in [-0.05, 0) is 37.1 Å². The molecule has 0 atom stereocenters. The van der Waals surface area contributed by atoms with Crippen molar-refractivity contribution in [2.24, 2.45) is 0 Å².